The molecule has 0 radical (unpaired) electrons. The summed E-state index contributed by atoms with van der Waals surface area (Å²) in [5.74, 6) is -0.764. The van der Waals surface area contributed by atoms with Crippen LogP contribution in [0.5, 0.6) is 0 Å². The molecule has 1 aromatic heterocycles. The van der Waals surface area contributed by atoms with E-state index < -0.39 is 11.8 Å². The maximum absolute atomic E-state index is 12.2. The first-order valence-corrected chi connectivity index (χ1v) is 9.79. The largest absolute Gasteiger partial charge is 0.348 e. The Hall–Kier alpha value is -2.73. The number of hydrogen-bond acceptors (Lipinski definition) is 4. The number of carbonyl (C=O) groups is 2. The molecule has 2 amide bonds. The zero-order valence-corrected chi connectivity index (χ0v) is 16.6. The molecule has 2 N–H and O–H groups in total. The molecule has 0 spiro atoms. The molecule has 0 atom stereocenters. The highest BCUT2D eigenvalue weighted by Gasteiger charge is 2.22. The van der Waals surface area contributed by atoms with Gasteiger partial charge in [-0.2, -0.15) is 0 Å². The lowest BCUT2D eigenvalue weighted by Crippen LogP contribution is -2.41. The Morgan fingerprint density at radius 1 is 1.04 bits per heavy atom. The highest BCUT2D eigenvalue weighted by Crippen LogP contribution is 2.20. The zero-order chi connectivity index (χ0) is 19.9. The van der Waals surface area contributed by atoms with Crippen LogP contribution in [-0.2, 0) is 16.1 Å². The van der Waals surface area contributed by atoms with Gasteiger partial charge in [0.25, 0.3) is 0 Å². The van der Waals surface area contributed by atoms with Crippen molar-refractivity contribution in [1.29, 1.82) is 0 Å². The molecule has 1 aliphatic rings. The molecule has 0 unspecified atom stereocenters. The summed E-state index contributed by atoms with van der Waals surface area (Å²) in [4.78, 5) is 30.9. The lowest BCUT2D eigenvalue weighted by atomic mass is 9.96. The second kappa shape index (κ2) is 9.46. The number of anilines is 1. The van der Waals surface area contributed by atoms with Gasteiger partial charge in [-0.3, -0.25) is 19.5 Å². The Balaban J connectivity index is 1.41. The lowest BCUT2D eigenvalue weighted by molar-refractivity contribution is -0.136. The van der Waals surface area contributed by atoms with E-state index in [1.54, 1.807) is 0 Å². The number of para-hydroxylation sites is 1. The summed E-state index contributed by atoms with van der Waals surface area (Å²) < 4.78 is 0. The minimum absolute atomic E-state index is 0.408. The van der Waals surface area contributed by atoms with Crippen molar-refractivity contribution in [1.82, 2.24) is 15.2 Å². The number of likely N-dealkylation sites (tertiary alicyclic amines) is 1. The van der Waals surface area contributed by atoms with Crippen LogP contribution in [0.3, 0.4) is 0 Å². The molecule has 1 aliphatic heterocycles. The van der Waals surface area contributed by atoms with Gasteiger partial charge in [-0.05, 0) is 74.5 Å². The van der Waals surface area contributed by atoms with Crippen molar-refractivity contribution in [2.75, 3.05) is 25.0 Å². The third-order valence-electron chi connectivity index (χ3n) is 5.34. The number of benzene rings is 1. The Kier molecular flexibility index (Phi) is 6.76. The molecule has 148 valence electrons. The maximum atomic E-state index is 12.2. The SMILES string of the molecule is Cc1cccc(C)c1NC(=O)C(=O)NCC1CCN(Cc2ccncc2)CC1. The standard InChI is InChI=1S/C22H28N4O2/c1-16-4-3-5-17(2)20(16)25-22(28)21(27)24-14-18-8-12-26(13-9-18)15-19-6-10-23-11-7-19/h3-7,10-11,18H,8-9,12-15H2,1-2H3,(H,24,27)(H,25,28). The molecule has 2 heterocycles. The highest BCUT2D eigenvalue weighted by molar-refractivity contribution is 6.39. The fraction of sp³-hybridized carbons (Fsp3) is 0.409. The van der Waals surface area contributed by atoms with E-state index in [0.717, 1.165) is 43.6 Å². The fourth-order valence-corrected chi connectivity index (χ4v) is 3.59. The summed E-state index contributed by atoms with van der Waals surface area (Å²) in [7, 11) is 0. The number of amides is 2. The van der Waals surface area contributed by atoms with E-state index in [1.165, 1.54) is 5.56 Å². The van der Waals surface area contributed by atoms with Crippen LogP contribution in [0.25, 0.3) is 0 Å². The van der Waals surface area contributed by atoms with E-state index in [1.807, 2.05) is 56.6 Å². The number of nitrogens with one attached hydrogen (secondary N) is 2. The molecule has 3 rings (SSSR count). The molecule has 1 fully saturated rings. The monoisotopic (exact) mass is 380 g/mol. The van der Waals surface area contributed by atoms with Gasteiger partial charge in [0.05, 0.1) is 0 Å². The topological polar surface area (TPSA) is 74.3 Å². The van der Waals surface area contributed by atoms with Crippen LogP contribution in [0.4, 0.5) is 5.69 Å². The van der Waals surface area contributed by atoms with Gasteiger partial charge < -0.3 is 10.6 Å². The zero-order valence-electron chi connectivity index (χ0n) is 16.6. The van der Waals surface area contributed by atoms with Gasteiger partial charge in [0, 0.05) is 31.2 Å². The summed E-state index contributed by atoms with van der Waals surface area (Å²) in [6.45, 7) is 7.30. The van der Waals surface area contributed by atoms with Gasteiger partial charge in [-0.15, -0.1) is 0 Å². The molecule has 2 aromatic rings. The van der Waals surface area contributed by atoms with Crippen molar-refractivity contribution >= 4 is 17.5 Å². The Labute approximate surface area is 166 Å². The van der Waals surface area contributed by atoms with Crippen molar-refractivity contribution in [2.45, 2.75) is 33.2 Å². The Morgan fingerprint density at radius 3 is 2.32 bits per heavy atom. The second-order valence-electron chi connectivity index (χ2n) is 7.51. The van der Waals surface area contributed by atoms with E-state index >= 15 is 0 Å². The molecule has 6 heteroatoms. The number of piperidine rings is 1. The molecule has 28 heavy (non-hydrogen) atoms. The van der Waals surface area contributed by atoms with Crippen molar-refractivity contribution in [3.05, 3.63) is 59.4 Å². The van der Waals surface area contributed by atoms with Crippen molar-refractivity contribution in [3.63, 3.8) is 0 Å². The summed E-state index contributed by atoms with van der Waals surface area (Å²) in [6, 6.07) is 9.85. The smallest absolute Gasteiger partial charge is 0.313 e. The first-order chi connectivity index (χ1) is 13.5. The van der Waals surface area contributed by atoms with Crippen LogP contribution in [0.1, 0.15) is 29.5 Å². The molecular formula is C22H28N4O2. The first kappa shape index (κ1) is 20.0. The molecule has 0 saturated carbocycles. The number of aryl methyl sites for hydroxylation is 2. The number of aromatic nitrogens is 1. The van der Waals surface area contributed by atoms with Crippen molar-refractivity contribution in [2.24, 2.45) is 5.92 Å². The minimum atomic E-state index is -0.604. The van der Waals surface area contributed by atoms with Crippen LogP contribution in [-0.4, -0.2) is 41.3 Å². The van der Waals surface area contributed by atoms with E-state index in [9.17, 15) is 9.59 Å². The summed E-state index contributed by atoms with van der Waals surface area (Å²) in [5, 5.41) is 5.53. The minimum Gasteiger partial charge on any atom is -0.348 e. The molecule has 0 bridgehead atoms. The van der Waals surface area contributed by atoms with E-state index in [-0.39, 0.29) is 0 Å². The van der Waals surface area contributed by atoms with Gasteiger partial charge in [0.2, 0.25) is 0 Å². The molecular weight excluding hydrogens is 352 g/mol. The number of hydrogen-bond donors (Lipinski definition) is 2. The van der Waals surface area contributed by atoms with Gasteiger partial charge in [0.1, 0.15) is 0 Å². The third kappa shape index (κ3) is 5.39. The summed E-state index contributed by atoms with van der Waals surface area (Å²) in [6.07, 6.45) is 5.68. The van der Waals surface area contributed by atoms with E-state index in [2.05, 4.69) is 20.5 Å². The van der Waals surface area contributed by atoms with Gasteiger partial charge in [0.15, 0.2) is 0 Å². The molecule has 1 aromatic carbocycles. The lowest BCUT2D eigenvalue weighted by Gasteiger charge is -2.32. The Morgan fingerprint density at radius 2 is 1.68 bits per heavy atom. The number of carbonyl (C=O) groups excluding carboxylic acids is 2. The first-order valence-electron chi connectivity index (χ1n) is 9.79. The van der Waals surface area contributed by atoms with E-state index in [0.29, 0.717) is 18.2 Å². The van der Waals surface area contributed by atoms with Crippen LogP contribution in [0, 0.1) is 19.8 Å². The predicted molar refractivity (Wildman–Crippen MR) is 110 cm³/mol. The summed E-state index contributed by atoms with van der Waals surface area (Å²) >= 11 is 0. The maximum Gasteiger partial charge on any atom is 0.313 e. The predicted octanol–water partition coefficient (Wildman–Crippen LogP) is 2.67. The van der Waals surface area contributed by atoms with Crippen molar-refractivity contribution < 1.29 is 9.59 Å². The number of rotatable bonds is 5. The second-order valence-corrected chi connectivity index (χ2v) is 7.51. The average Bonchev–Trinajstić information content (AvgIpc) is 2.70. The third-order valence-corrected chi connectivity index (χ3v) is 5.34. The van der Waals surface area contributed by atoms with Gasteiger partial charge in [-0.1, -0.05) is 18.2 Å². The highest BCUT2D eigenvalue weighted by atomic mass is 16.2. The Bertz CT molecular complexity index is 794. The summed E-state index contributed by atoms with van der Waals surface area (Å²) in [5.41, 5.74) is 3.88. The van der Waals surface area contributed by atoms with Crippen LogP contribution in [0.15, 0.2) is 42.7 Å². The van der Waals surface area contributed by atoms with Gasteiger partial charge in [-0.25, -0.2) is 0 Å². The van der Waals surface area contributed by atoms with Crippen LogP contribution < -0.4 is 10.6 Å². The normalized spacial score (nSPS) is 15.2. The van der Waals surface area contributed by atoms with Crippen LogP contribution >= 0.6 is 0 Å². The average molecular weight is 380 g/mol. The van der Waals surface area contributed by atoms with Gasteiger partial charge >= 0.3 is 11.8 Å². The van der Waals surface area contributed by atoms with Crippen LogP contribution in [0.2, 0.25) is 0 Å². The molecule has 1 saturated heterocycles. The molecule has 6 nitrogen and oxygen atoms in total. The number of pyridine rings is 1. The quantitative estimate of drug-likeness (QED) is 0.782. The van der Waals surface area contributed by atoms with Crippen molar-refractivity contribution in [3.8, 4) is 0 Å². The molecule has 0 aliphatic carbocycles. The fourth-order valence-electron chi connectivity index (χ4n) is 3.59. The number of nitrogens with zero attached hydrogens (tertiary/aromatic N) is 2. The van der Waals surface area contributed by atoms with E-state index in [4.69, 9.17) is 0 Å².